The van der Waals surface area contributed by atoms with E-state index in [1.54, 1.807) is 12.4 Å². The van der Waals surface area contributed by atoms with Crippen molar-refractivity contribution in [1.29, 1.82) is 0 Å². The van der Waals surface area contributed by atoms with Gasteiger partial charge in [-0.05, 0) is 23.6 Å². The molecule has 0 unspecified atom stereocenters. The Kier molecular flexibility index (Phi) is 2.85. The molecular weight excluding hydrogens is 236 g/mol. The number of nitrogens with zero attached hydrogens (tertiary/aromatic N) is 4. The lowest BCUT2D eigenvalue weighted by atomic mass is 10.0. The summed E-state index contributed by atoms with van der Waals surface area (Å²) in [5.74, 6) is 2.43. The first-order chi connectivity index (χ1) is 9.16. The first-order valence-corrected chi connectivity index (χ1v) is 6.56. The molecule has 98 valence electrons. The predicted octanol–water partition coefficient (Wildman–Crippen LogP) is 3.15. The molecule has 0 bridgehead atoms. The zero-order valence-electron chi connectivity index (χ0n) is 11.5. The maximum absolute atomic E-state index is 4.45. The van der Waals surface area contributed by atoms with Crippen molar-refractivity contribution < 1.29 is 0 Å². The summed E-state index contributed by atoms with van der Waals surface area (Å²) in [6.07, 6.45) is 3.48. The second kappa shape index (κ2) is 4.53. The van der Waals surface area contributed by atoms with Gasteiger partial charge in [0.2, 0.25) is 0 Å². The molecule has 0 radical (unpaired) electrons. The van der Waals surface area contributed by atoms with Crippen LogP contribution in [0.1, 0.15) is 25.3 Å². The van der Waals surface area contributed by atoms with Crippen LogP contribution < -0.4 is 9.80 Å². The molecule has 1 aliphatic heterocycles. The molecule has 1 aromatic heterocycles. The first kappa shape index (κ1) is 12.0. The van der Waals surface area contributed by atoms with E-state index in [0.29, 0.717) is 5.92 Å². The molecule has 0 aliphatic carbocycles. The highest BCUT2D eigenvalue weighted by atomic mass is 15.4. The molecule has 0 amide bonds. The Bertz CT molecular complexity index is 577. The summed E-state index contributed by atoms with van der Waals surface area (Å²) in [6, 6.07) is 8.70. The molecule has 2 aromatic rings. The average Bonchev–Trinajstić information content (AvgIpc) is 2.77. The van der Waals surface area contributed by atoms with Crippen LogP contribution in [0.2, 0.25) is 0 Å². The summed E-state index contributed by atoms with van der Waals surface area (Å²) < 4.78 is 0. The molecule has 0 atom stereocenters. The van der Waals surface area contributed by atoms with Crippen molar-refractivity contribution >= 4 is 17.3 Å². The molecule has 1 aliphatic rings. The number of hydrogen-bond acceptors (Lipinski definition) is 4. The lowest BCUT2D eigenvalue weighted by Gasteiger charge is -2.19. The van der Waals surface area contributed by atoms with Gasteiger partial charge in [-0.25, -0.2) is 9.97 Å². The maximum atomic E-state index is 4.45. The monoisotopic (exact) mass is 254 g/mol. The Morgan fingerprint density at radius 1 is 1.00 bits per heavy atom. The summed E-state index contributed by atoms with van der Waals surface area (Å²) in [5, 5.41) is 0. The molecule has 0 fully saturated rings. The van der Waals surface area contributed by atoms with Crippen LogP contribution in [-0.2, 0) is 0 Å². The third-order valence-corrected chi connectivity index (χ3v) is 3.50. The topological polar surface area (TPSA) is 32.3 Å². The van der Waals surface area contributed by atoms with Crippen LogP contribution in [0.25, 0.3) is 0 Å². The van der Waals surface area contributed by atoms with Gasteiger partial charge in [0.15, 0.2) is 11.6 Å². The molecule has 0 N–H and O–H groups in total. The van der Waals surface area contributed by atoms with Crippen LogP contribution in [0.3, 0.4) is 0 Å². The minimum absolute atomic E-state index is 0.558. The smallest absolute Gasteiger partial charge is 0.178 e. The van der Waals surface area contributed by atoms with Crippen LogP contribution in [0.15, 0.2) is 36.7 Å². The van der Waals surface area contributed by atoms with Crippen LogP contribution in [0.5, 0.6) is 0 Å². The Hall–Kier alpha value is -2.10. The van der Waals surface area contributed by atoms with Crippen molar-refractivity contribution in [3.05, 3.63) is 42.2 Å². The summed E-state index contributed by atoms with van der Waals surface area (Å²) >= 11 is 0. The number of anilines is 3. The maximum Gasteiger partial charge on any atom is 0.178 e. The standard InChI is InChI=1S/C15H18N4/c1-11(2)12-4-6-13(7-5-12)19-10-18(3)14-15(19)17-9-8-16-14/h4-9,11H,10H2,1-3H3. The Morgan fingerprint density at radius 2 is 1.63 bits per heavy atom. The summed E-state index contributed by atoms with van der Waals surface area (Å²) in [5.41, 5.74) is 2.52. The second-order valence-corrected chi connectivity index (χ2v) is 5.22. The van der Waals surface area contributed by atoms with Crippen LogP contribution in [-0.4, -0.2) is 23.7 Å². The van der Waals surface area contributed by atoms with Crippen molar-refractivity contribution in [3.63, 3.8) is 0 Å². The fourth-order valence-corrected chi connectivity index (χ4v) is 2.37. The minimum atomic E-state index is 0.558. The van der Waals surface area contributed by atoms with Crippen molar-refractivity contribution in [2.75, 3.05) is 23.5 Å². The Labute approximate surface area is 113 Å². The largest absolute Gasteiger partial charge is 0.338 e. The van der Waals surface area contributed by atoms with Gasteiger partial charge in [-0.3, -0.25) is 0 Å². The van der Waals surface area contributed by atoms with E-state index in [-0.39, 0.29) is 0 Å². The van der Waals surface area contributed by atoms with Crippen molar-refractivity contribution in [2.24, 2.45) is 0 Å². The molecule has 4 heteroatoms. The number of aromatic nitrogens is 2. The number of hydrogen-bond donors (Lipinski definition) is 0. The highest BCUT2D eigenvalue weighted by Crippen LogP contribution is 2.36. The van der Waals surface area contributed by atoms with Gasteiger partial charge in [0.25, 0.3) is 0 Å². The molecular formula is C15H18N4. The second-order valence-electron chi connectivity index (χ2n) is 5.22. The lowest BCUT2D eigenvalue weighted by Crippen LogP contribution is -2.24. The van der Waals surface area contributed by atoms with E-state index in [0.717, 1.165) is 24.0 Å². The summed E-state index contributed by atoms with van der Waals surface area (Å²) in [6.45, 7) is 5.21. The van der Waals surface area contributed by atoms with Gasteiger partial charge >= 0.3 is 0 Å². The van der Waals surface area contributed by atoms with Gasteiger partial charge in [0, 0.05) is 25.1 Å². The molecule has 3 rings (SSSR count). The van der Waals surface area contributed by atoms with E-state index in [1.807, 2.05) is 7.05 Å². The molecule has 0 saturated heterocycles. The van der Waals surface area contributed by atoms with E-state index >= 15 is 0 Å². The lowest BCUT2D eigenvalue weighted by molar-refractivity contribution is 0.865. The molecule has 4 nitrogen and oxygen atoms in total. The van der Waals surface area contributed by atoms with E-state index in [1.165, 1.54) is 5.56 Å². The van der Waals surface area contributed by atoms with Gasteiger partial charge in [-0.1, -0.05) is 26.0 Å². The average molecular weight is 254 g/mol. The van der Waals surface area contributed by atoms with Crippen molar-refractivity contribution in [3.8, 4) is 0 Å². The van der Waals surface area contributed by atoms with Gasteiger partial charge < -0.3 is 9.80 Å². The highest BCUT2D eigenvalue weighted by molar-refractivity contribution is 5.75. The fraction of sp³-hybridized carbons (Fsp3) is 0.333. The van der Waals surface area contributed by atoms with Gasteiger partial charge in [0.1, 0.15) is 0 Å². The van der Waals surface area contributed by atoms with Crippen LogP contribution in [0.4, 0.5) is 17.3 Å². The van der Waals surface area contributed by atoms with E-state index in [2.05, 4.69) is 57.9 Å². The summed E-state index contributed by atoms with van der Waals surface area (Å²) in [4.78, 5) is 13.1. The molecule has 0 saturated carbocycles. The third-order valence-electron chi connectivity index (χ3n) is 3.50. The van der Waals surface area contributed by atoms with E-state index in [9.17, 15) is 0 Å². The quantitative estimate of drug-likeness (QED) is 0.824. The summed E-state index contributed by atoms with van der Waals surface area (Å²) in [7, 11) is 2.04. The van der Waals surface area contributed by atoms with Crippen LogP contribution >= 0.6 is 0 Å². The fourth-order valence-electron chi connectivity index (χ4n) is 2.37. The van der Waals surface area contributed by atoms with Gasteiger partial charge in [-0.15, -0.1) is 0 Å². The highest BCUT2D eigenvalue weighted by Gasteiger charge is 2.26. The number of rotatable bonds is 2. The normalized spacial score (nSPS) is 14.1. The Morgan fingerprint density at radius 3 is 2.26 bits per heavy atom. The molecule has 0 spiro atoms. The molecule has 1 aromatic carbocycles. The predicted molar refractivity (Wildman–Crippen MR) is 78.0 cm³/mol. The Balaban J connectivity index is 1.96. The van der Waals surface area contributed by atoms with E-state index < -0.39 is 0 Å². The third kappa shape index (κ3) is 2.03. The van der Waals surface area contributed by atoms with Gasteiger partial charge in [0.05, 0.1) is 6.67 Å². The van der Waals surface area contributed by atoms with Crippen molar-refractivity contribution in [1.82, 2.24) is 9.97 Å². The first-order valence-electron chi connectivity index (χ1n) is 6.56. The zero-order chi connectivity index (χ0) is 13.4. The number of fused-ring (bicyclic) bond motifs is 1. The molecule has 19 heavy (non-hydrogen) atoms. The van der Waals surface area contributed by atoms with Crippen molar-refractivity contribution in [2.45, 2.75) is 19.8 Å². The number of benzene rings is 1. The SMILES string of the molecule is CC(C)c1ccc(N2CN(C)c3nccnc32)cc1. The van der Waals surface area contributed by atoms with Gasteiger partial charge in [-0.2, -0.15) is 0 Å². The van der Waals surface area contributed by atoms with E-state index in [4.69, 9.17) is 0 Å². The molecule has 2 heterocycles. The zero-order valence-corrected chi connectivity index (χ0v) is 11.5. The van der Waals surface area contributed by atoms with Crippen LogP contribution in [0, 0.1) is 0 Å². The minimum Gasteiger partial charge on any atom is -0.338 e.